The zero-order valence-corrected chi connectivity index (χ0v) is 14.2. The van der Waals surface area contributed by atoms with E-state index in [9.17, 15) is 19.8 Å². The minimum atomic E-state index is -1.11. The molecule has 1 aromatic carbocycles. The normalized spacial score (nSPS) is 30.9. The molecule has 0 saturated carbocycles. The van der Waals surface area contributed by atoms with E-state index in [-0.39, 0.29) is 26.9 Å². The summed E-state index contributed by atoms with van der Waals surface area (Å²) in [4.78, 5) is 26.0. The van der Waals surface area contributed by atoms with Crippen LogP contribution in [0, 0.1) is 5.92 Å². The van der Waals surface area contributed by atoms with Crippen LogP contribution in [0.4, 0.5) is 0 Å². The number of aliphatic carboxylic acids is 1. The molecule has 3 rings (SSSR count). The first kappa shape index (κ1) is 15.5. The number of rotatable bonds is 4. The third-order valence-electron chi connectivity index (χ3n) is 4.51. The van der Waals surface area contributed by atoms with E-state index in [2.05, 4.69) is 0 Å². The summed E-state index contributed by atoms with van der Waals surface area (Å²) in [5, 5.41) is 20.0. The zero-order valence-electron chi connectivity index (χ0n) is 12.5. The molecular weight excluding hydrogens is 349 g/mol. The average Bonchev–Trinajstić information content (AvgIpc) is 2.73. The van der Waals surface area contributed by atoms with Gasteiger partial charge in [0.15, 0.2) is 0 Å². The van der Waals surface area contributed by atoms with Crippen LogP contribution in [0.15, 0.2) is 30.3 Å². The Balaban J connectivity index is 1.92. The number of hydrogen-bond donors (Lipinski definition) is 2. The van der Waals surface area contributed by atoms with Crippen molar-refractivity contribution in [3.63, 3.8) is 0 Å². The molecule has 0 aromatic heterocycles. The fourth-order valence-corrected chi connectivity index (χ4v) is 6.32. The van der Waals surface area contributed by atoms with E-state index in [1.165, 1.54) is 4.90 Å². The number of β-lactam (4-membered cyclic amide) rings is 1. The maximum absolute atomic E-state index is 12.5. The Morgan fingerprint density at radius 3 is 2.55 bits per heavy atom. The molecule has 2 saturated heterocycles. The molecule has 1 aromatic rings. The first-order valence-electron chi connectivity index (χ1n) is 7.30. The summed E-state index contributed by atoms with van der Waals surface area (Å²) >= 11 is -0.366. The fraction of sp³-hybridized carbons (Fsp3) is 0.500. The van der Waals surface area contributed by atoms with Crippen LogP contribution in [-0.4, -0.2) is 58.0 Å². The molecule has 1 amide bonds. The predicted molar refractivity (Wildman–Crippen MR) is 81.9 cm³/mol. The van der Waals surface area contributed by atoms with E-state index < -0.39 is 21.9 Å². The van der Waals surface area contributed by atoms with Crippen molar-refractivity contribution in [3.8, 4) is 0 Å². The molecule has 118 valence electrons. The molecule has 2 fully saturated rings. The molecule has 0 radical (unpaired) electrons. The molecular formula is C16H19NO4Se. The Labute approximate surface area is 135 Å². The van der Waals surface area contributed by atoms with Crippen molar-refractivity contribution in [1.29, 1.82) is 0 Å². The topological polar surface area (TPSA) is 77.8 Å². The molecule has 2 heterocycles. The van der Waals surface area contributed by atoms with E-state index in [0.717, 1.165) is 4.46 Å². The number of nitrogens with zero attached hydrogens (tertiary/aromatic N) is 1. The Hall–Kier alpha value is -1.36. The molecule has 3 atom stereocenters. The molecule has 1 unspecified atom stereocenters. The summed E-state index contributed by atoms with van der Waals surface area (Å²) in [7, 11) is 0. The summed E-state index contributed by atoms with van der Waals surface area (Å²) in [5.41, 5.74) is -1.10. The second-order valence-electron chi connectivity index (χ2n) is 6.45. The molecule has 2 aliphatic heterocycles. The number of carbonyl (C=O) groups is 2. The van der Waals surface area contributed by atoms with E-state index in [1.54, 1.807) is 13.8 Å². The van der Waals surface area contributed by atoms with Crippen molar-refractivity contribution < 1.29 is 19.8 Å². The second-order valence-corrected chi connectivity index (χ2v) is 9.28. The summed E-state index contributed by atoms with van der Waals surface area (Å²) < 4.78 is -0.143. The Morgan fingerprint density at radius 1 is 1.36 bits per heavy atom. The van der Waals surface area contributed by atoms with Gasteiger partial charge in [-0.3, -0.25) is 0 Å². The van der Waals surface area contributed by atoms with Gasteiger partial charge in [0.05, 0.1) is 0 Å². The van der Waals surface area contributed by atoms with Crippen molar-refractivity contribution in [3.05, 3.63) is 30.3 Å². The quantitative estimate of drug-likeness (QED) is 0.588. The van der Waals surface area contributed by atoms with Gasteiger partial charge in [0.1, 0.15) is 0 Å². The average molecular weight is 368 g/mol. The van der Waals surface area contributed by atoms with Crippen LogP contribution >= 0.6 is 0 Å². The van der Waals surface area contributed by atoms with Crippen molar-refractivity contribution in [2.24, 2.45) is 5.92 Å². The zero-order chi connectivity index (χ0) is 16.1. The van der Waals surface area contributed by atoms with Gasteiger partial charge in [-0.1, -0.05) is 0 Å². The number of carboxylic acid groups (broad SMARTS) is 1. The van der Waals surface area contributed by atoms with Gasteiger partial charge in [-0.15, -0.1) is 0 Å². The van der Waals surface area contributed by atoms with Crippen molar-refractivity contribution in [2.45, 2.75) is 42.8 Å². The van der Waals surface area contributed by atoms with Crippen LogP contribution in [0.2, 0.25) is 0 Å². The summed E-state index contributed by atoms with van der Waals surface area (Å²) in [5.74, 6) is -1.64. The third kappa shape index (κ3) is 2.17. The summed E-state index contributed by atoms with van der Waals surface area (Å²) in [6.07, 6.45) is 1.10. The van der Waals surface area contributed by atoms with Crippen LogP contribution < -0.4 is 4.46 Å². The minimum absolute atomic E-state index is 0.158. The first-order chi connectivity index (χ1) is 10.3. The van der Waals surface area contributed by atoms with Crippen molar-refractivity contribution in [1.82, 2.24) is 4.90 Å². The van der Waals surface area contributed by atoms with Gasteiger partial charge in [0.25, 0.3) is 0 Å². The molecule has 2 aliphatic rings. The molecule has 2 N–H and O–H groups in total. The maximum atomic E-state index is 12.5. The van der Waals surface area contributed by atoms with E-state index in [1.807, 2.05) is 30.3 Å². The summed E-state index contributed by atoms with van der Waals surface area (Å²) in [6.45, 7) is 3.24. The van der Waals surface area contributed by atoms with Gasteiger partial charge < -0.3 is 0 Å². The Kier molecular flexibility index (Phi) is 3.59. The third-order valence-corrected chi connectivity index (χ3v) is 7.49. The summed E-state index contributed by atoms with van der Waals surface area (Å²) in [6, 6.07) is 9.33. The van der Waals surface area contributed by atoms with Crippen LogP contribution in [0.25, 0.3) is 0 Å². The SMILES string of the molecule is CC(C)(O)[C@@H]1C(=O)N2[C@@H]1CCC2([Se]c1ccccc1)C(=O)O. The first-order valence-corrected chi connectivity index (χ1v) is 9.02. The van der Waals surface area contributed by atoms with Crippen LogP contribution in [0.3, 0.4) is 0 Å². The molecule has 0 bridgehead atoms. The molecule has 6 heteroatoms. The van der Waals surface area contributed by atoms with Crippen LogP contribution in [0.5, 0.6) is 0 Å². The van der Waals surface area contributed by atoms with Gasteiger partial charge in [-0.05, 0) is 0 Å². The number of carbonyl (C=O) groups excluding carboxylic acids is 1. The Morgan fingerprint density at radius 2 is 2.00 bits per heavy atom. The molecule has 5 nitrogen and oxygen atoms in total. The number of benzene rings is 1. The Bertz CT molecular complexity index is 612. The van der Waals surface area contributed by atoms with Crippen molar-refractivity contribution in [2.75, 3.05) is 0 Å². The van der Waals surface area contributed by atoms with Gasteiger partial charge in [-0.25, -0.2) is 0 Å². The number of amides is 1. The number of fused-ring (bicyclic) bond motifs is 1. The fourth-order valence-electron chi connectivity index (χ4n) is 3.56. The van der Waals surface area contributed by atoms with Gasteiger partial charge >= 0.3 is 135 Å². The van der Waals surface area contributed by atoms with Gasteiger partial charge in [-0.2, -0.15) is 0 Å². The number of hydrogen-bond acceptors (Lipinski definition) is 3. The monoisotopic (exact) mass is 369 g/mol. The molecule has 0 spiro atoms. The van der Waals surface area contributed by atoms with E-state index >= 15 is 0 Å². The molecule has 0 aliphatic carbocycles. The van der Waals surface area contributed by atoms with Crippen molar-refractivity contribution >= 4 is 31.3 Å². The predicted octanol–water partition coefficient (Wildman–Crippen LogP) is 0.189. The second kappa shape index (κ2) is 5.08. The number of aliphatic hydroxyl groups is 1. The number of carboxylic acids is 1. The van der Waals surface area contributed by atoms with E-state index in [0.29, 0.717) is 12.8 Å². The van der Waals surface area contributed by atoms with E-state index in [4.69, 9.17) is 0 Å². The van der Waals surface area contributed by atoms with Gasteiger partial charge in [0, 0.05) is 0 Å². The van der Waals surface area contributed by atoms with Crippen LogP contribution in [-0.2, 0) is 9.59 Å². The van der Waals surface area contributed by atoms with Gasteiger partial charge in [0.2, 0.25) is 0 Å². The van der Waals surface area contributed by atoms with Crippen LogP contribution in [0.1, 0.15) is 26.7 Å². The standard InChI is InChI=1S/C16H19NO4Se/c1-15(2,21)12-11-8-9-16(14(19)20,17(11)13(12)18)22-10-6-4-3-5-7-10/h3-7,11-12,21H,8-9H2,1-2H3,(H,19,20)/t11-,12+,16?/m1/s1. The molecule has 22 heavy (non-hydrogen) atoms.